The first-order valence-corrected chi connectivity index (χ1v) is 8.02. The topological polar surface area (TPSA) is 111 Å². The average molecular weight is 327 g/mol. The molecule has 3 rings (SSSR count). The highest BCUT2D eigenvalue weighted by molar-refractivity contribution is 8.00. The number of rotatable bonds is 4. The molecule has 1 atom stereocenters. The number of nitrogens with one attached hydrogen (secondary N) is 1. The van der Waals surface area contributed by atoms with Crippen molar-refractivity contribution < 1.29 is 4.79 Å². The monoisotopic (exact) mass is 327 g/mol. The summed E-state index contributed by atoms with van der Waals surface area (Å²) in [6.45, 7) is 3.73. The van der Waals surface area contributed by atoms with Gasteiger partial charge in [-0.15, -0.1) is 0 Å². The molecule has 2 aromatic heterocycles. The second-order valence-electron chi connectivity index (χ2n) is 5.30. The zero-order valence-corrected chi connectivity index (χ0v) is 13.6. The Hall–Kier alpha value is -2.54. The molecule has 0 spiro atoms. The van der Waals surface area contributed by atoms with Crippen molar-refractivity contribution in [2.75, 3.05) is 11.5 Å². The van der Waals surface area contributed by atoms with Crippen LogP contribution in [0.2, 0.25) is 0 Å². The third-order valence-electron chi connectivity index (χ3n) is 3.54. The number of fused-ring (bicyclic) bond motifs is 1. The highest BCUT2D eigenvalue weighted by Crippen LogP contribution is 2.29. The summed E-state index contributed by atoms with van der Waals surface area (Å²) in [4.78, 5) is 24.3. The fourth-order valence-electron chi connectivity index (χ4n) is 2.52. The SMILES string of the molecule is Cc1[nH]c2ccccc2c1C(=O)[C@@H](C)Sc1nc(N)cc(N)n1. The van der Waals surface area contributed by atoms with Crippen molar-refractivity contribution >= 4 is 40.1 Å². The summed E-state index contributed by atoms with van der Waals surface area (Å²) in [6, 6.07) is 9.25. The van der Waals surface area contributed by atoms with Crippen LogP contribution in [0.25, 0.3) is 10.9 Å². The molecule has 3 aromatic rings. The van der Waals surface area contributed by atoms with Crippen molar-refractivity contribution in [3.63, 3.8) is 0 Å². The molecule has 0 radical (unpaired) electrons. The van der Waals surface area contributed by atoms with E-state index in [4.69, 9.17) is 11.5 Å². The number of aryl methyl sites for hydroxylation is 1. The number of carbonyl (C=O) groups excluding carboxylic acids is 1. The number of thioether (sulfide) groups is 1. The van der Waals surface area contributed by atoms with Gasteiger partial charge in [0.15, 0.2) is 10.9 Å². The number of benzene rings is 1. The van der Waals surface area contributed by atoms with Crippen LogP contribution < -0.4 is 11.5 Å². The smallest absolute Gasteiger partial charge is 0.192 e. The first kappa shape index (κ1) is 15.4. The summed E-state index contributed by atoms with van der Waals surface area (Å²) in [5.74, 6) is 0.611. The van der Waals surface area contributed by atoms with Crippen LogP contribution in [0.15, 0.2) is 35.5 Å². The van der Waals surface area contributed by atoms with Gasteiger partial charge in [-0.1, -0.05) is 30.0 Å². The second kappa shape index (κ2) is 5.92. The molecule has 0 unspecified atom stereocenters. The van der Waals surface area contributed by atoms with E-state index in [1.54, 1.807) is 0 Å². The standard InChI is InChI=1S/C16H17N5OS/c1-8-14(10-5-3-4-6-11(10)19-8)15(22)9(2)23-16-20-12(17)7-13(18)21-16/h3-7,9,19H,1-2H3,(H4,17,18,20,21)/t9-/m1/s1. The number of H-pyrrole nitrogens is 1. The minimum absolute atomic E-state index is 0.0227. The third kappa shape index (κ3) is 3.00. The molecular formula is C16H17N5OS. The van der Waals surface area contributed by atoms with E-state index in [9.17, 15) is 4.79 Å². The summed E-state index contributed by atoms with van der Waals surface area (Å²) < 4.78 is 0. The van der Waals surface area contributed by atoms with Gasteiger partial charge in [-0.05, 0) is 19.9 Å². The number of hydrogen-bond acceptors (Lipinski definition) is 6. The summed E-state index contributed by atoms with van der Waals surface area (Å²) in [5, 5.41) is 0.977. The summed E-state index contributed by atoms with van der Waals surface area (Å²) >= 11 is 1.25. The fourth-order valence-corrected chi connectivity index (χ4v) is 3.38. The number of Topliss-reactive ketones (excluding diaryl/α,β-unsaturated/α-hetero) is 1. The first-order chi connectivity index (χ1) is 11.0. The number of ketones is 1. The normalized spacial score (nSPS) is 12.4. The predicted molar refractivity (Wildman–Crippen MR) is 93.5 cm³/mol. The molecule has 0 fully saturated rings. The quantitative estimate of drug-likeness (QED) is 0.386. The fraction of sp³-hybridized carbons (Fsp3) is 0.188. The zero-order chi connectivity index (χ0) is 16.6. The molecule has 118 valence electrons. The number of nitrogens with zero attached hydrogens (tertiary/aromatic N) is 2. The Kier molecular flexibility index (Phi) is 3.96. The van der Waals surface area contributed by atoms with Crippen LogP contribution in [0.5, 0.6) is 0 Å². The summed E-state index contributed by atoms with van der Waals surface area (Å²) in [6.07, 6.45) is 0. The van der Waals surface area contributed by atoms with Gasteiger partial charge in [0.25, 0.3) is 0 Å². The van der Waals surface area contributed by atoms with Crippen LogP contribution in [0.3, 0.4) is 0 Å². The van der Waals surface area contributed by atoms with E-state index in [2.05, 4.69) is 15.0 Å². The molecule has 0 bridgehead atoms. The van der Waals surface area contributed by atoms with Crippen LogP contribution in [0.4, 0.5) is 11.6 Å². The minimum Gasteiger partial charge on any atom is -0.383 e. The van der Waals surface area contributed by atoms with Crippen molar-refractivity contribution in [2.45, 2.75) is 24.3 Å². The molecule has 6 nitrogen and oxygen atoms in total. The largest absolute Gasteiger partial charge is 0.383 e. The van der Waals surface area contributed by atoms with E-state index < -0.39 is 0 Å². The number of anilines is 2. The van der Waals surface area contributed by atoms with Crippen molar-refractivity contribution in [1.29, 1.82) is 0 Å². The van der Waals surface area contributed by atoms with Gasteiger partial charge in [-0.3, -0.25) is 4.79 Å². The lowest BCUT2D eigenvalue weighted by Crippen LogP contribution is -2.15. The number of para-hydroxylation sites is 1. The molecular weight excluding hydrogens is 310 g/mol. The van der Waals surface area contributed by atoms with Gasteiger partial charge in [0.05, 0.1) is 5.25 Å². The maximum Gasteiger partial charge on any atom is 0.192 e. The van der Waals surface area contributed by atoms with Crippen LogP contribution in [-0.4, -0.2) is 26.0 Å². The number of carbonyl (C=O) groups is 1. The molecule has 0 aliphatic carbocycles. The van der Waals surface area contributed by atoms with E-state index in [1.165, 1.54) is 17.8 Å². The van der Waals surface area contributed by atoms with E-state index in [-0.39, 0.29) is 11.0 Å². The Bertz CT molecular complexity index is 869. The Morgan fingerprint density at radius 3 is 2.57 bits per heavy atom. The zero-order valence-electron chi connectivity index (χ0n) is 12.8. The molecule has 0 aliphatic heterocycles. The van der Waals surface area contributed by atoms with E-state index >= 15 is 0 Å². The van der Waals surface area contributed by atoms with Crippen LogP contribution >= 0.6 is 11.8 Å². The van der Waals surface area contributed by atoms with Crippen molar-refractivity contribution in [3.8, 4) is 0 Å². The minimum atomic E-state index is -0.353. The third-order valence-corrected chi connectivity index (χ3v) is 4.50. The highest BCUT2D eigenvalue weighted by Gasteiger charge is 2.23. The lowest BCUT2D eigenvalue weighted by Gasteiger charge is -2.10. The number of nitrogen functional groups attached to an aromatic ring is 2. The van der Waals surface area contributed by atoms with E-state index in [0.717, 1.165) is 16.6 Å². The molecule has 0 saturated heterocycles. The molecule has 1 aromatic carbocycles. The number of aromatic amines is 1. The lowest BCUT2D eigenvalue weighted by atomic mass is 10.1. The van der Waals surface area contributed by atoms with Crippen LogP contribution in [0.1, 0.15) is 23.0 Å². The molecule has 0 aliphatic rings. The highest BCUT2D eigenvalue weighted by atomic mass is 32.2. The molecule has 2 heterocycles. The van der Waals surface area contributed by atoms with Gasteiger partial charge in [-0.2, -0.15) is 0 Å². The van der Waals surface area contributed by atoms with Gasteiger partial charge in [0.1, 0.15) is 11.6 Å². The van der Waals surface area contributed by atoms with Crippen LogP contribution in [-0.2, 0) is 0 Å². The predicted octanol–water partition coefficient (Wildman–Crippen LogP) is 2.79. The molecule has 23 heavy (non-hydrogen) atoms. The maximum absolute atomic E-state index is 12.9. The molecule has 0 saturated carbocycles. The Balaban J connectivity index is 1.91. The number of hydrogen-bond donors (Lipinski definition) is 3. The van der Waals surface area contributed by atoms with Gasteiger partial charge < -0.3 is 16.5 Å². The van der Waals surface area contributed by atoms with Gasteiger partial charge >= 0.3 is 0 Å². The molecule has 7 heteroatoms. The average Bonchev–Trinajstić information content (AvgIpc) is 2.81. The van der Waals surface area contributed by atoms with Crippen molar-refractivity contribution in [2.24, 2.45) is 0 Å². The molecule has 5 N–H and O–H groups in total. The number of nitrogens with two attached hydrogens (primary N) is 2. The van der Waals surface area contributed by atoms with E-state index in [1.807, 2.05) is 38.1 Å². The second-order valence-corrected chi connectivity index (χ2v) is 6.60. The van der Waals surface area contributed by atoms with Crippen LogP contribution in [0, 0.1) is 6.92 Å². The summed E-state index contributed by atoms with van der Waals surface area (Å²) in [7, 11) is 0. The Labute approximate surface area is 137 Å². The first-order valence-electron chi connectivity index (χ1n) is 7.14. The number of aromatic nitrogens is 3. The van der Waals surface area contributed by atoms with E-state index in [0.29, 0.717) is 22.4 Å². The Morgan fingerprint density at radius 2 is 1.87 bits per heavy atom. The van der Waals surface area contributed by atoms with Crippen molar-refractivity contribution in [3.05, 3.63) is 41.6 Å². The molecule has 0 amide bonds. The van der Waals surface area contributed by atoms with Gasteiger partial charge in [-0.25, -0.2) is 9.97 Å². The van der Waals surface area contributed by atoms with Gasteiger partial charge in [0, 0.05) is 28.2 Å². The summed E-state index contributed by atoms with van der Waals surface area (Å²) in [5.41, 5.74) is 13.9. The maximum atomic E-state index is 12.9. The lowest BCUT2D eigenvalue weighted by molar-refractivity contribution is 0.0995. The van der Waals surface area contributed by atoms with Gasteiger partial charge in [0.2, 0.25) is 0 Å². The van der Waals surface area contributed by atoms with Crippen molar-refractivity contribution in [1.82, 2.24) is 15.0 Å². The Morgan fingerprint density at radius 1 is 1.22 bits per heavy atom.